The molecule has 0 aliphatic heterocycles. The van der Waals surface area contributed by atoms with Crippen molar-refractivity contribution in [2.24, 2.45) is 5.73 Å². The molecule has 0 saturated carbocycles. The summed E-state index contributed by atoms with van der Waals surface area (Å²) in [6.45, 7) is 5.79. The summed E-state index contributed by atoms with van der Waals surface area (Å²) in [7, 11) is 1.36. The van der Waals surface area contributed by atoms with Gasteiger partial charge in [-0.15, -0.1) is 0 Å². The van der Waals surface area contributed by atoms with Gasteiger partial charge in [-0.2, -0.15) is 0 Å². The van der Waals surface area contributed by atoms with Crippen molar-refractivity contribution in [1.82, 2.24) is 10.6 Å². The highest BCUT2D eigenvalue weighted by atomic mass is 16.5. The van der Waals surface area contributed by atoms with Crippen LogP contribution in [0.25, 0.3) is 0 Å². The molecular formula is C21H33N3O5. The van der Waals surface area contributed by atoms with E-state index in [1.165, 1.54) is 7.11 Å². The molecule has 1 aromatic rings. The van der Waals surface area contributed by atoms with Crippen LogP contribution in [-0.4, -0.2) is 48.6 Å². The number of carbonyl (C=O) groups excluding carboxylic acids is 3. The van der Waals surface area contributed by atoms with Gasteiger partial charge in [0.1, 0.15) is 11.8 Å². The minimum Gasteiger partial charge on any atom is -0.508 e. The van der Waals surface area contributed by atoms with Gasteiger partial charge in [-0.05, 0) is 68.9 Å². The molecule has 0 unspecified atom stereocenters. The van der Waals surface area contributed by atoms with Crippen LogP contribution in [-0.2, 0) is 25.5 Å². The van der Waals surface area contributed by atoms with Gasteiger partial charge in [0.15, 0.2) is 0 Å². The Morgan fingerprint density at radius 3 is 2.31 bits per heavy atom. The highest BCUT2D eigenvalue weighted by Gasteiger charge is 2.21. The van der Waals surface area contributed by atoms with Gasteiger partial charge in [-0.1, -0.05) is 6.42 Å². The molecule has 0 radical (unpaired) electrons. The van der Waals surface area contributed by atoms with Gasteiger partial charge in [0, 0.05) is 13.0 Å². The SMILES string of the molecule is COC(=O)CCCCCNC(=O)[C@@H](C)NC(=O)[C@@H](N)Cc1c(C)cc(O)cc1C. The van der Waals surface area contributed by atoms with Crippen molar-refractivity contribution >= 4 is 17.8 Å². The number of carbonyl (C=O) groups is 3. The van der Waals surface area contributed by atoms with E-state index in [-0.39, 0.29) is 17.6 Å². The lowest BCUT2D eigenvalue weighted by atomic mass is 9.96. The van der Waals surface area contributed by atoms with E-state index in [1.54, 1.807) is 19.1 Å². The number of nitrogens with two attached hydrogens (primary N) is 1. The summed E-state index contributed by atoms with van der Waals surface area (Å²) >= 11 is 0. The van der Waals surface area contributed by atoms with Crippen LogP contribution in [0.15, 0.2) is 12.1 Å². The monoisotopic (exact) mass is 407 g/mol. The van der Waals surface area contributed by atoms with Gasteiger partial charge in [-0.3, -0.25) is 14.4 Å². The van der Waals surface area contributed by atoms with Crippen molar-refractivity contribution in [3.8, 4) is 5.75 Å². The number of unbranched alkanes of at least 4 members (excludes halogenated alkanes) is 2. The Morgan fingerprint density at radius 2 is 1.72 bits per heavy atom. The van der Waals surface area contributed by atoms with Crippen LogP contribution in [0.1, 0.15) is 49.3 Å². The third-order valence-electron chi connectivity index (χ3n) is 4.78. The van der Waals surface area contributed by atoms with Crippen molar-refractivity contribution in [2.45, 2.75) is 65.0 Å². The van der Waals surface area contributed by atoms with Gasteiger partial charge < -0.3 is 26.2 Å². The maximum absolute atomic E-state index is 12.3. The van der Waals surface area contributed by atoms with Crippen molar-refractivity contribution in [2.75, 3.05) is 13.7 Å². The number of amides is 2. The van der Waals surface area contributed by atoms with E-state index < -0.39 is 18.0 Å². The lowest BCUT2D eigenvalue weighted by molar-refractivity contribution is -0.140. The Balaban J connectivity index is 2.39. The average Bonchev–Trinajstić information content (AvgIpc) is 2.66. The van der Waals surface area contributed by atoms with E-state index in [1.807, 2.05) is 13.8 Å². The standard InChI is InChI=1S/C21H33N3O5/c1-13-10-16(25)11-14(2)17(13)12-18(22)21(28)24-15(3)20(27)23-9-7-5-6-8-19(26)29-4/h10-11,15,18,25H,5-9,12,22H2,1-4H3,(H,23,27)(H,24,28)/t15-,18+/m1/s1. The number of phenols is 1. The van der Waals surface area contributed by atoms with Crippen LogP contribution < -0.4 is 16.4 Å². The van der Waals surface area contributed by atoms with Crippen LogP contribution in [0.5, 0.6) is 5.75 Å². The number of ether oxygens (including phenoxy) is 1. The molecule has 2 atom stereocenters. The highest BCUT2D eigenvalue weighted by Crippen LogP contribution is 2.21. The molecule has 0 fully saturated rings. The van der Waals surface area contributed by atoms with Gasteiger partial charge in [0.05, 0.1) is 13.2 Å². The first-order valence-corrected chi connectivity index (χ1v) is 9.85. The molecule has 0 spiro atoms. The molecule has 1 rings (SSSR count). The number of rotatable bonds is 11. The molecule has 0 heterocycles. The summed E-state index contributed by atoms with van der Waals surface area (Å²) in [5.41, 5.74) is 8.66. The third-order valence-corrected chi connectivity index (χ3v) is 4.78. The van der Waals surface area contributed by atoms with Crippen molar-refractivity contribution in [3.05, 3.63) is 28.8 Å². The minimum absolute atomic E-state index is 0.178. The molecule has 8 heteroatoms. The quantitative estimate of drug-likeness (QED) is 0.322. The number of aromatic hydroxyl groups is 1. The van der Waals surface area contributed by atoms with Gasteiger partial charge in [0.25, 0.3) is 0 Å². The number of aryl methyl sites for hydroxylation is 2. The summed E-state index contributed by atoms with van der Waals surface area (Å²) in [6, 6.07) is 1.76. The first-order valence-electron chi connectivity index (χ1n) is 9.85. The largest absolute Gasteiger partial charge is 0.508 e. The maximum Gasteiger partial charge on any atom is 0.305 e. The van der Waals surface area contributed by atoms with Crippen molar-refractivity contribution < 1.29 is 24.2 Å². The van der Waals surface area contributed by atoms with E-state index in [2.05, 4.69) is 15.4 Å². The molecule has 8 nitrogen and oxygen atoms in total. The van der Waals surface area contributed by atoms with Gasteiger partial charge in [-0.25, -0.2) is 0 Å². The Hall–Kier alpha value is -2.61. The zero-order valence-electron chi connectivity index (χ0n) is 17.7. The summed E-state index contributed by atoms with van der Waals surface area (Å²) in [4.78, 5) is 35.5. The lowest BCUT2D eigenvalue weighted by Gasteiger charge is -2.19. The Kier molecular flexibility index (Phi) is 10.2. The number of nitrogens with one attached hydrogen (secondary N) is 2. The van der Waals surface area contributed by atoms with Crippen LogP contribution in [0.2, 0.25) is 0 Å². The van der Waals surface area contributed by atoms with E-state index in [0.717, 1.165) is 29.5 Å². The molecule has 5 N–H and O–H groups in total. The number of hydrogen-bond acceptors (Lipinski definition) is 6. The predicted molar refractivity (Wildman–Crippen MR) is 110 cm³/mol. The van der Waals surface area contributed by atoms with Crippen LogP contribution in [0.4, 0.5) is 0 Å². The number of benzene rings is 1. The number of esters is 1. The number of hydrogen-bond donors (Lipinski definition) is 4. The molecule has 29 heavy (non-hydrogen) atoms. The molecular weight excluding hydrogens is 374 g/mol. The molecule has 0 bridgehead atoms. The van der Waals surface area contributed by atoms with E-state index in [4.69, 9.17) is 5.73 Å². The molecule has 0 aliphatic carbocycles. The normalized spacial score (nSPS) is 12.7. The number of phenolic OH excluding ortho intramolecular Hbond substituents is 1. The summed E-state index contributed by atoms with van der Waals surface area (Å²) in [6.07, 6.45) is 2.93. The fraction of sp³-hybridized carbons (Fsp3) is 0.571. The average molecular weight is 408 g/mol. The fourth-order valence-electron chi connectivity index (χ4n) is 3.03. The van der Waals surface area contributed by atoms with Crippen LogP contribution in [0.3, 0.4) is 0 Å². The predicted octanol–water partition coefficient (Wildman–Crippen LogP) is 1.23. The van der Waals surface area contributed by atoms with E-state index in [9.17, 15) is 19.5 Å². The first-order chi connectivity index (χ1) is 13.6. The van der Waals surface area contributed by atoms with Crippen LogP contribution in [0, 0.1) is 13.8 Å². The molecule has 1 aromatic carbocycles. The second-order valence-electron chi connectivity index (χ2n) is 7.28. The zero-order chi connectivity index (χ0) is 22.0. The smallest absolute Gasteiger partial charge is 0.305 e. The molecule has 0 saturated heterocycles. The molecule has 0 aliphatic rings. The summed E-state index contributed by atoms with van der Waals surface area (Å²) < 4.78 is 4.57. The lowest BCUT2D eigenvalue weighted by Crippen LogP contribution is -2.51. The summed E-state index contributed by atoms with van der Waals surface area (Å²) in [5, 5.41) is 15.0. The fourth-order valence-corrected chi connectivity index (χ4v) is 3.03. The molecule has 162 valence electrons. The second kappa shape index (κ2) is 12.1. The van der Waals surface area contributed by atoms with Crippen LogP contribution >= 0.6 is 0 Å². The zero-order valence-corrected chi connectivity index (χ0v) is 17.7. The summed E-state index contributed by atoms with van der Waals surface area (Å²) in [5.74, 6) is -0.745. The highest BCUT2D eigenvalue weighted by molar-refractivity contribution is 5.89. The van der Waals surface area contributed by atoms with Crippen molar-refractivity contribution in [1.29, 1.82) is 0 Å². The molecule has 2 amide bonds. The topological polar surface area (TPSA) is 131 Å². The second-order valence-corrected chi connectivity index (χ2v) is 7.28. The van der Waals surface area contributed by atoms with E-state index >= 15 is 0 Å². The Morgan fingerprint density at radius 1 is 1.10 bits per heavy atom. The van der Waals surface area contributed by atoms with E-state index in [0.29, 0.717) is 25.8 Å². The number of methoxy groups -OCH3 is 1. The van der Waals surface area contributed by atoms with Gasteiger partial charge >= 0.3 is 5.97 Å². The van der Waals surface area contributed by atoms with Gasteiger partial charge in [0.2, 0.25) is 11.8 Å². The Labute approximate surface area is 172 Å². The maximum atomic E-state index is 12.3. The van der Waals surface area contributed by atoms with Crippen molar-refractivity contribution in [3.63, 3.8) is 0 Å². The molecule has 0 aromatic heterocycles. The Bertz CT molecular complexity index is 697. The minimum atomic E-state index is -0.800. The first kappa shape index (κ1) is 24.4. The third kappa shape index (κ3) is 8.51.